The second-order valence-corrected chi connectivity index (χ2v) is 8.98. The summed E-state index contributed by atoms with van der Waals surface area (Å²) in [6.07, 6.45) is 3.33. The molecule has 0 saturated carbocycles. The number of hydrogen-bond donors (Lipinski definition) is 1. The molecule has 3 aromatic carbocycles. The van der Waals surface area contributed by atoms with Gasteiger partial charge in [-0.1, -0.05) is 54.6 Å². The topological polar surface area (TPSA) is 39.7 Å². The number of rotatable bonds is 9. The van der Waals surface area contributed by atoms with Crippen molar-refractivity contribution in [2.75, 3.05) is 11.9 Å². The Labute approximate surface area is 201 Å². The molecule has 3 aromatic rings. The fourth-order valence-electron chi connectivity index (χ4n) is 4.17. The maximum atomic E-state index is 13.6. The van der Waals surface area contributed by atoms with E-state index in [4.69, 9.17) is 14.2 Å². The van der Waals surface area contributed by atoms with Crippen LogP contribution in [-0.2, 0) is 22.6 Å². The van der Waals surface area contributed by atoms with Crippen molar-refractivity contribution in [3.63, 3.8) is 0 Å². The summed E-state index contributed by atoms with van der Waals surface area (Å²) in [6.45, 7) is 7.49. The third-order valence-corrected chi connectivity index (χ3v) is 5.92. The van der Waals surface area contributed by atoms with Gasteiger partial charge in [0.25, 0.3) is 0 Å². The molecule has 0 bridgehead atoms. The Kier molecular flexibility index (Phi) is 7.66. The fraction of sp³-hybridized carbons (Fsp3) is 0.310. The lowest BCUT2D eigenvalue weighted by atomic mass is 9.87. The number of anilines is 1. The van der Waals surface area contributed by atoms with E-state index in [9.17, 15) is 4.39 Å². The molecule has 0 aromatic heterocycles. The van der Waals surface area contributed by atoms with Crippen molar-refractivity contribution < 1.29 is 18.6 Å². The molecule has 0 radical (unpaired) electrons. The van der Waals surface area contributed by atoms with Crippen molar-refractivity contribution in [2.24, 2.45) is 0 Å². The van der Waals surface area contributed by atoms with Gasteiger partial charge >= 0.3 is 0 Å². The molecule has 1 aliphatic heterocycles. The number of allylic oxidation sites excluding steroid dienone is 1. The van der Waals surface area contributed by atoms with E-state index in [0.29, 0.717) is 19.8 Å². The third kappa shape index (κ3) is 5.85. The average molecular weight is 462 g/mol. The minimum absolute atomic E-state index is 0.240. The van der Waals surface area contributed by atoms with Crippen LogP contribution < -0.4 is 10.1 Å². The van der Waals surface area contributed by atoms with Gasteiger partial charge in [0.1, 0.15) is 29.4 Å². The van der Waals surface area contributed by atoms with E-state index in [1.54, 1.807) is 6.07 Å². The Balaban J connectivity index is 1.60. The van der Waals surface area contributed by atoms with Gasteiger partial charge in [-0.05, 0) is 62.2 Å². The second-order valence-electron chi connectivity index (χ2n) is 8.98. The van der Waals surface area contributed by atoms with Crippen LogP contribution in [0.25, 0.3) is 0 Å². The zero-order valence-corrected chi connectivity index (χ0v) is 20.0. The van der Waals surface area contributed by atoms with Crippen LogP contribution in [0.5, 0.6) is 5.75 Å². The molecule has 34 heavy (non-hydrogen) atoms. The monoisotopic (exact) mass is 461 g/mol. The number of nitrogens with one attached hydrogen (secondary N) is 1. The molecule has 1 N–H and O–H groups in total. The van der Waals surface area contributed by atoms with Crippen molar-refractivity contribution in [1.29, 1.82) is 0 Å². The third-order valence-electron chi connectivity index (χ3n) is 5.92. The zero-order valence-electron chi connectivity index (χ0n) is 20.0. The van der Waals surface area contributed by atoms with Crippen LogP contribution in [0.1, 0.15) is 43.6 Å². The van der Waals surface area contributed by atoms with Crippen LogP contribution in [-0.4, -0.2) is 18.3 Å². The summed E-state index contributed by atoms with van der Waals surface area (Å²) in [4.78, 5) is 0. The summed E-state index contributed by atoms with van der Waals surface area (Å²) in [7, 11) is 0. The first-order chi connectivity index (χ1) is 16.5. The SMILES string of the molecule is C/C=C/COC1C(OCc2ccccc2)c2cc(NCc3cccc(F)c3)ccc2OC1(C)C. The molecule has 5 heteroatoms. The van der Waals surface area contributed by atoms with Gasteiger partial charge in [-0.2, -0.15) is 0 Å². The Morgan fingerprint density at radius 2 is 1.76 bits per heavy atom. The van der Waals surface area contributed by atoms with Gasteiger partial charge in [-0.25, -0.2) is 4.39 Å². The van der Waals surface area contributed by atoms with Crippen LogP contribution in [0.3, 0.4) is 0 Å². The summed E-state index contributed by atoms with van der Waals surface area (Å²) < 4.78 is 32.7. The number of ether oxygens (including phenoxy) is 3. The minimum Gasteiger partial charge on any atom is -0.485 e. The predicted octanol–water partition coefficient (Wildman–Crippen LogP) is 6.83. The molecule has 0 fully saturated rings. The highest BCUT2D eigenvalue weighted by atomic mass is 19.1. The quantitative estimate of drug-likeness (QED) is 0.355. The van der Waals surface area contributed by atoms with Crippen molar-refractivity contribution in [2.45, 2.75) is 51.7 Å². The lowest BCUT2D eigenvalue weighted by molar-refractivity contribution is -0.161. The van der Waals surface area contributed by atoms with Crippen LogP contribution in [0, 0.1) is 5.82 Å². The second kappa shape index (κ2) is 10.9. The van der Waals surface area contributed by atoms with Crippen LogP contribution in [0.15, 0.2) is 84.9 Å². The van der Waals surface area contributed by atoms with Gasteiger partial charge in [-0.3, -0.25) is 0 Å². The molecule has 2 atom stereocenters. The largest absolute Gasteiger partial charge is 0.485 e. The van der Waals surface area contributed by atoms with Crippen LogP contribution in [0.4, 0.5) is 10.1 Å². The Bertz CT molecular complexity index is 1110. The molecule has 178 valence electrons. The molecule has 0 amide bonds. The Morgan fingerprint density at radius 3 is 2.53 bits per heavy atom. The first kappa shape index (κ1) is 24.0. The van der Waals surface area contributed by atoms with Gasteiger partial charge in [0.2, 0.25) is 0 Å². The van der Waals surface area contributed by atoms with Crippen molar-refractivity contribution >= 4 is 5.69 Å². The highest BCUT2D eigenvalue weighted by molar-refractivity contribution is 5.54. The number of fused-ring (bicyclic) bond motifs is 1. The average Bonchev–Trinajstić information content (AvgIpc) is 2.83. The predicted molar refractivity (Wildman–Crippen MR) is 133 cm³/mol. The Hall–Kier alpha value is -3.15. The van der Waals surface area contributed by atoms with Crippen molar-refractivity contribution in [1.82, 2.24) is 0 Å². The summed E-state index contributed by atoms with van der Waals surface area (Å²) in [5.41, 5.74) is 3.24. The summed E-state index contributed by atoms with van der Waals surface area (Å²) in [6, 6.07) is 22.7. The standard InChI is InChI=1S/C29H32FNO3/c1-4-5-16-32-28-27(33-20-21-10-7-6-8-11-21)25-18-24(14-15-26(25)34-29(28,2)3)31-19-22-12-9-13-23(30)17-22/h4-15,17-18,27-28,31H,16,19-20H2,1-3H3/b5-4+. The van der Waals surface area contributed by atoms with Crippen LogP contribution in [0.2, 0.25) is 0 Å². The Morgan fingerprint density at radius 1 is 0.971 bits per heavy atom. The minimum atomic E-state index is -0.577. The van der Waals surface area contributed by atoms with Gasteiger partial charge in [0.05, 0.1) is 13.2 Å². The molecule has 0 saturated heterocycles. The highest BCUT2D eigenvalue weighted by Crippen LogP contribution is 2.44. The number of halogens is 1. The molecule has 1 heterocycles. The smallest absolute Gasteiger partial charge is 0.132 e. The van der Waals surface area contributed by atoms with E-state index in [1.807, 2.05) is 75.4 Å². The molecule has 2 unspecified atom stereocenters. The van der Waals surface area contributed by atoms with E-state index in [2.05, 4.69) is 17.4 Å². The molecular formula is C29H32FNO3. The maximum Gasteiger partial charge on any atom is 0.132 e. The lowest BCUT2D eigenvalue weighted by Crippen LogP contribution is -2.51. The first-order valence-electron chi connectivity index (χ1n) is 11.7. The van der Waals surface area contributed by atoms with Gasteiger partial charge in [0.15, 0.2) is 0 Å². The summed E-state index contributed by atoms with van der Waals surface area (Å²) in [5, 5.41) is 3.39. The van der Waals surface area contributed by atoms with E-state index in [0.717, 1.165) is 28.1 Å². The molecule has 0 aliphatic carbocycles. The fourth-order valence-corrected chi connectivity index (χ4v) is 4.17. The zero-order chi connectivity index (χ0) is 24.0. The molecular weight excluding hydrogens is 429 g/mol. The van der Waals surface area contributed by atoms with Crippen molar-refractivity contribution in [3.8, 4) is 5.75 Å². The number of hydrogen-bond acceptors (Lipinski definition) is 4. The molecule has 4 rings (SSSR count). The van der Waals surface area contributed by atoms with Gasteiger partial charge in [0, 0.05) is 17.8 Å². The highest BCUT2D eigenvalue weighted by Gasteiger charge is 2.45. The first-order valence-corrected chi connectivity index (χ1v) is 11.7. The maximum absolute atomic E-state index is 13.6. The molecule has 0 spiro atoms. The molecule has 1 aliphatic rings. The van der Waals surface area contributed by atoms with Gasteiger partial charge in [-0.15, -0.1) is 0 Å². The lowest BCUT2D eigenvalue weighted by Gasteiger charge is -2.44. The van der Waals surface area contributed by atoms with E-state index < -0.39 is 5.60 Å². The van der Waals surface area contributed by atoms with Crippen molar-refractivity contribution in [3.05, 3.63) is 107 Å². The van der Waals surface area contributed by atoms with E-state index >= 15 is 0 Å². The summed E-state index contributed by atoms with van der Waals surface area (Å²) >= 11 is 0. The van der Waals surface area contributed by atoms with E-state index in [1.165, 1.54) is 12.1 Å². The van der Waals surface area contributed by atoms with Gasteiger partial charge < -0.3 is 19.5 Å². The number of benzene rings is 3. The van der Waals surface area contributed by atoms with Crippen LogP contribution >= 0.6 is 0 Å². The van der Waals surface area contributed by atoms with E-state index in [-0.39, 0.29) is 18.0 Å². The normalized spacial score (nSPS) is 18.9. The molecule has 4 nitrogen and oxygen atoms in total. The summed E-state index contributed by atoms with van der Waals surface area (Å²) in [5.74, 6) is 0.543.